The van der Waals surface area contributed by atoms with Gasteiger partial charge in [0.15, 0.2) is 0 Å². The molecule has 1 atom stereocenters. The maximum atomic E-state index is 13.3. The minimum Gasteiger partial charge on any atom is -0.340 e. The van der Waals surface area contributed by atoms with Gasteiger partial charge < -0.3 is 20.1 Å². The number of piperazine rings is 1. The second-order valence-corrected chi connectivity index (χ2v) is 7.41. The van der Waals surface area contributed by atoms with Crippen molar-refractivity contribution in [3.63, 3.8) is 0 Å². The molecule has 2 heterocycles. The van der Waals surface area contributed by atoms with Gasteiger partial charge in [-0.15, -0.1) is 0 Å². The molecule has 1 aromatic carbocycles. The van der Waals surface area contributed by atoms with Crippen molar-refractivity contribution in [2.45, 2.75) is 25.9 Å². The number of halogens is 1. The Balaban J connectivity index is 1.43. The number of likely N-dealkylation sites (N-methyl/N-ethyl adjacent to an activating group) is 1. The van der Waals surface area contributed by atoms with E-state index in [0.29, 0.717) is 36.0 Å². The predicted molar refractivity (Wildman–Crippen MR) is 104 cm³/mol. The van der Waals surface area contributed by atoms with E-state index < -0.39 is 0 Å². The number of benzene rings is 1. The fraction of sp³-hybridized carbons (Fsp3) is 0.579. The van der Waals surface area contributed by atoms with Crippen LogP contribution in [0.15, 0.2) is 18.2 Å². The highest BCUT2D eigenvalue weighted by Gasteiger charge is 2.19. The summed E-state index contributed by atoms with van der Waals surface area (Å²) in [4.78, 5) is 26.2. The van der Waals surface area contributed by atoms with E-state index >= 15 is 0 Å². The van der Waals surface area contributed by atoms with Crippen LogP contribution in [0.1, 0.15) is 19.2 Å². The Labute approximate surface area is 159 Å². The Morgan fingerprint density at radius 2 is 2.11 bits per heavy atom. The normalized spacial score (nSPS) is 17.2. The maximum absolute atomic E-state index is 13.3. The monoisotopic (exact) mass is 376 g/mol. The zero-order chi connectivity index (χ0) is 19.4. The zero-order valence-corrected chi connectivity index (χ0v) is 16.3. The first kappa shape index (κ1) is 19.6. The molecule has 0 spiro atoms. The molecule has 1 saturated heterocycles. The number of aromatic amines is 1. The molecule has 8 heteroatoms. The second kappa shape index (κ2) is 8.67. The number of nitrogens with one attached hydrogen (secondary N) is 2. The summed E-state index contributed by atoms with van der Waals surface area (Å²) in [5.74, 6) is 0.331. The number of H-pyrrole nitrogens is 1. The van der Waals surface area contributed by atoms with Crippen molar-refractivity contribution in [1.29, 1.82) is 0 Å². The molecule has 27 heavy (non-hydrogen) atoms. The summed E-state index contributed by atoms with van der Waals surface area (Å²) >= 11 is 0. The van der Waals surface area contributed by atoms with Gasteiger partial charge in [0.2, 0.25) is 0 Å². The number of rotatable bonds is 6. The molecule has 2 aromatic rings. The van der Waals surface area contributed by atoms with E-state index in [0.717, 1.165) is 32.6 Å². The van der Waals surface area contributed by atoms with Crippen LogP contribution < -0.4 is 5.32 Å². The van der Waals surface area contributed by atoms with Crippen LogP contribution in [0.5, 0.6) is 0 Å². The van der Waals surface area contributed by atoms with Gasteiger partial charge in [0.1, 0.15) is 11.6 Å². The number of fused-ring (bicyclic) bond motifs is 1. The van der Waals surface area contributed by atoms with Gasteiger partial charge in [-0.1, -0.05) is 0 Å². The molecule has 148 valence electrons. The lowest BCUT2D eigenvalue weighted by Crippen LogP contribution is -2.49. The van der Waals surface area contributed by atoms with E-state index in [-0.39, 0.29) is 11.8 Å². The third kappa shape index (κ3) is 5.17. The van der Waals surface area contributed by atoms with Gasteiger partial charge >= 0.3 is 6.03 Å². The summed E-state index contributed by atoms with van der Waals surface area (Å²) in [6.45, 7) is 7.56. The molecule has 0 radical (unpaired) electrons. The second-order valence-electron chi connectivity index (χ2n) is 7.41. The SMILES string of the molecule is C[C@H](CCNC(=O)N(C)Cc1nc2ccc(F)cc2[nH]1)N1CCN(C)CC1. The largest absolute Gasteiger partial charge is 0.340 e. The van der Waals surface area contributed by atoms with Crippen LogP contribution in [-0.4, -0.2) is 83.6 Å². The molecular formula is C19H29FN6O. The first-order valence-corrected chi connectivity index (χ1v) is 9.48. The van der Waals surface area contributed by atoms with E-state index in [1.165, 1.54) is 12.1 Å². The summed E-state index contributed by atoms with van der Waals surface area (Å²) in [6.07, 6.45) is 0.924. The van der Waals surface area contributed by atoms with Crippen LogP contribution in [0.4, 0.5) is 9.18 Å². The minimum atomic E-state index is -0.307. The molecule has 7 nitrogen and oxygen atoms in total. The number of carbonyl (C=O) groups excluding carboxylic acids is 1. The van der Waals surface area contributed by atoms with Crippen LogP contribution in [-0.2, 0) is 6.54 Å². The smallest absolute Gasteiger partial charge is 0.317 e. The number of carbonyl (C=O) groups is 1. The highest BCUT2D eigenvalue weighted by Crippen LogP contribution is 2.14. The predicted octanol–water partition coefficient (Wildman–Crippen LogP) is 1.87. The quantitative estimate of drug-likeness (QED) is 0.808. The average Bonchev–Trinajstić information content (AvgIpc) is 3.03. The highest BCUT2D eigenvalue weighted by atomic mass is 19.1. The lowest BCUT2D eigenvalue weighted by molar-refractivity contribution is 0.114. The summed E-state index contributed by atoms with van der Waals surface area (Å²) in [5.41, 5.74) is 1.33. The van der Waals surface area contributed by atoms with Gasteiger partial charge in [-0.25, -0.2) is 14.2 Å². The van der Waals surface area contributed by atoms with Crippen LogP contribution in [0.3, 0.4) is 0 Å². The molecule has 0 unspecified atom stereocenters. The molecule has 0 aliphatic carbocycles. The van der Waals surface area contributed by atoms with Crippen molar-refractivity contribution in [3.05, 3.63) is 29.8 Å². The third-order valence-electron chi connectivity index (χ3n) is 5.23. The van der Waals surface area contributed by atoms with E-state index in [2.05, 4.69) is 39.1 Å². The van der Waals surface area contributed by atoms with Crippen molar-refractivity contribution in [1.82, 2.24) is 30.0 Å². The van der Waals surface area contributed by atoms with E-state index in [1.807, 2.05) is 0 Å². The topological polar surface area (TPSA) is 67.5 Å². The van der Waals surface area contributed by atoms with Crippen LogP contribution in [0.25, 0.3) is 11.0 Å². The average molecular weight is 376 g/mol. The van der Waals surface area contributed by atoms with Gasteiger partial charge in [-0.3, -0.25) is 4.90 Å². The molecule has 2 amide bonds. The minimum absolute atomic E-state index is 0.132. The van der Waals surface area contributed by atoms with Crippen LogP contribution in [0, 0.1) is 5.82 Å². The maximum Gasteiger partial charge on any atom is 0.317 e. The Bertz CT molecular complexity index is 771. The van der Waals surface area contributed by atoms with Gasteiger partial charge in [0.25, 0.3) is 0 Å². The molecule has 3 rings (SSSR count). The molecular weight excluding hydrogens is 347 g/mol. The van der Waals surface area contributed by atoms with Gasteiger partial charge in [0, 0.05) is 45.8 Å². The Hall–Kier alpha value is -2.19. The lowest BCUT2D eigenvalue weighted by Gasteiger charge is -2.36. The first-order chi connectivity index (χ1) is 12.9. The van der Waals surface area contributed by atoms with E-state index in [4.69, 9.17) is 0 Å². The zero-order valence-electron chi connectivity index (χ0n) is 16.3. The fourth-order valence-electron chi connectivity index (χ4n) is 3.37. The van der Waals surface area contributed by atoms with Gasteiger partial charge in [-0.2, -0.15) is 0 Å². The standard InChI is InChI=1S/C19H29FN6O/c1-14(26-10-8-24(2)9-11-26)6-7-21-19(27)25(3)13-18-22-16-5-4-15(20)12-17(16)23-18/h4-5,12,14H,6-11,13H2,1-3H3,(H,21,27)(H,22,23)/t14-/m1/s1. The van der Waals surface area contributed by atoms with E-state index in [9.17, 15) is 9.18 Å². The number of hydrogen-bond donors (Lipinski definition) is 2. The molecule has 0 saturated carbocycles. The van der Waals surface area contributed by atoms with Crippen molar-refractivity contribution in [2.24, 2.45) is 0 Å². The van der Waals surface area contributed by atoms with Crippen LogP contribution in [0.2, 0.25) is 0 Å². The van der Waals surface area contributed by atoms with Crippen molar-refractivity contribution in [2.75, 3.05) is 46.8 Å². The van der Waals surface area contributed by atoms with Gasteiger partial charge in [0.05, 0.1) is 17.6 Å². The van der Waals surface area contributed by atoms with Gasteiger partial charge in [-0.05, 0) is 38.6 Å². The Morgan fingerprint density at radius 3 is 2.85 bits per heavy atom. The third-order valence-corrected chi connectivity index (χ3v) is 5.23. The number of aromatic nitrogens is 2. The number of urea groups is 1. The van der Waals surface area contributed by atoms with Crippen molar-refractivity contribution in [3.8, 4) is 0 Å². The van der Waals surface area contributed by atoms with Crippen molar-refractivity contribution < 1.29 is 9.18 Å². The first-order valence-electron chi connectivity index (χ1n) is 9.48. The number of amides is 2. The molecule has 1 aliphatic heterocycles. The Morgan fingerprint density at radius 1 is 1.37 bits per heavy atom. The molecule has 2 N–H and O–H groups in total. The number of hydrogen-bond acceptors (Lipinski definition) is 4. The molecule has 1 fully saturated rings. The summed E-state index contributed by atoms with van der Waals surface area (Å²) in [7, 11) is 3.88. The van der Waals surface area contributed by atoms with Crippen LogP contribution >= 0.6 is 0 Å². The number of nitrogens with zero attached hydrogens (tertiary/aromatic N) is 4. The highest BCUT2D eigenvalue weighted by molar-refractivity contribution is 5.76. The lowest BCUT2D eigenvalue weighted by atomic mass is 10.1. The molecule has 1 aliphatic rings. The summed E-state index contributed by atoms with van der Waals surface area (Å²) in [6, 6.07) is 4.74. The fourth-order valence-corrected chi connectivity index (χ4v) is 3.37. The Kier molecular flexibility index (Phi) is 6.28. The molecule has 1 aromatic heterocycles. The molecule has 0 bridgehead atoms. The summed E-state index contributed by atoms with van der Waals surface area (Å²) < 4.78 is 13.3. The summed E-state index contributed by atoms with van der Waals surface area (Å²) in [5, 5.41) is 2.97. The number of imidazole rings is 1. The van der Waals surface area contributed by atoms with E-state index in [1.54, 1.807) is 18.0 Å². The van der Waals surface area contributed by atoms with Crippen molar-refractivity contribution >= 4 is 17.1 Å².